The Morgan fingerprint density at radius 2 is 0.740 bits per heavy atom. The zero-order valence-corrected chi connectivity index (χ0v) is 27.9. The number of hydrogen-bond donors (Lipinski definition) is 0. The van der Waals surface area contributed by atoms with Crippen molar-refractivity contribution in [1.29, 1.82) is 0 Å². The molecule has 1 heterocycles. The number of aryl methyl sites for hydroxylation is 1. The summed E-state index contributed by atoms with van der Waals surface area (Å²) in [6.07, 6.45) is 0.897. The molecule has 0 amide bonds. The van der Waals surface area contributed by atoms with Crippen LogP contribution in [-0.2, 0) is 6.42 Å². The van der Waals surface area contributed by atoms with Gasteiger partial charge in [0.15, 0.2) is 0 Å². The topological polar surface area (TPSA) is 32.3 Å². The van der Waals surface area contributed by atoms with Crippen molar-refractivity contribution in [3.63, 3.8) is 0 Å². The quantitative estimate of drug-likeness (QED) is 0.156. The van der Waals surface area contributed by atoms with Crippen molar-refractivity contribution in [3.8, 4) is 22.5 Å². The molecular weight excluding hydrogens is 609 g/mol. The van der Waals surface area contributed by atoms with Gasteiger partial charge in [-0.1, -0.05) is 116 Å². The number of aromatic nitrogens is 2. The molecule has 7 aromatic carbocycles. The minimum atomic E-state index is 0.883. The predicted octanol–water partition coefficient (Wildman–Crippen LogP) is 12.5. The summed E-state index contributed by atoms with van der Waals surface area (Å²) < 4.78 is 0. The minimum Gasteiger partial charge on any atom is -0.311 e. The summed E-state index contributed by atoms with van der Waals surface area (Å²) in [4.78, 5) is 15.0. The fraction of sp³-hybridized carbons (Fsp3) is 0.0435. The Hall–Kier alpha value is -6.52. The second-order valence-electron chi connectivity index (χ2n) is 12.2. The summed E-state index contributed by atoms with van der Waals surface area (Å²) in [5.41, 5.74) is 13.4. The van der Waals surface area contributed by atoms with Crippen LogP contribution < -0.4 is 9.80 Å². The molecule has 8 aromatic rings. The van der Waals surface area contributed by atoms with Crippen LogP contribution in [0.5, 0.6) is 0 Å². The van der Waals surface area contributed by atoms with E-state index in [1.807, 2.05) is 6.07 Å². The lowest BCUT2D eigenvalue weighted by molar-refractivity contribution is 1.14. The molecule has 0 unspecified atom stereocenters. The first-order chi connectivity index (χ1) is 24.8. The Morgan fingerprint density at radius 1 is 0.360 bits per heavy atom. The minimum absolute atomic E-state index is 0.883. The summed E-state index contributed by atoms with van der Waals surface area (Å²) in [6, 6.07) is 65.6. The van der Waals surface area contributed by atoms with E-state index < -0.39 is 0 Å². The highest BCUT2D eigenvalue weighted by molar-refractivity contribution is 5.89. The van der Waals surface area contributed by atoms with Gasteiger partial charge < -0.3 is 9.80 Å². The summed E-state index contributed by atoms with van der Waals surface area (Å²) in [5, 5.41) is 0. The molecule has 0 aliphatic heterocycles. The maximum absolute atomic E-state index is 5.28. The fourth-order valence-electron chi connectivity index (χ4n) is 6.56. The van der Waals surface area contributed by atoms with Gasteiger partial charge in [0, 0.05) is 45.3 Å². The monoisotopic (exact) mass is 644 g/mol. The van der Waals surface area contributed by atoms with E-state index in [1.165, 1.54) is 5.56 Å². The molecule has 0 atom stereocenters. The van der Waals surface area contributed by atoms with Crippen molar-refractivity contribution < 1.29 is 0 Å². The maximum Gasteiger partial charge on any atom is 0.0973 e. The number of benzene rings is 7. The van der Waals surface area contributed by atoms with E-state index in [0.29, 0.717) is 0 Å². The van der Waals surface area contributed by atoms with Crippen LogP contribution in [0.2, 0.25) is 0 Å². The number of anilines is 6. The molecule has 0 fully saturated rings. The van der Waals surface area contributed by atoms with Gasteiger partial charge in [0.2, 0.25) is 0 Å². The number of hydrogen-bond acceptors (Lipinski definition) is 4. The van der Waals surface area contributed by atoms with E-state index in [-0.39, 0.29) is 0 Å². The first kappa shape index (κ1) is 30.8. The number of fused-ring (bicyclic) bond motifs is 1. The molecule has 0 N–H and O–H groups in total. The Labute approximate surface area is 293 Å². The molecule has 0 aliphatic carbocycles. The Bertz CT molecular complexity index is 2280. The number of rotatable bonds is 9. The van der Waals surface area contributed by atoms with Crippen LogP contribution in [0.3, 0.4) is 0 Å². The van der Waals surface area contributed by atoms with Crippen LogP contribution in [0.4, 0.5) is 34.1 Å². The van der Waals surface area contributed by atoms with Gasteiger partial charge >= 0.3 is 0 Å². The van der Waals surface area contributed by atoms with Gasteiger partial charge in [-0.15, -0.1) is 0 Å². The Morgan fingerprint density at radius 3 is 1.20 bits per heavy atom. The molecular formula is C46H36N4. The van der Waals surface area contributed by atoms with Crippen LogP contribution in [0.15, 0.2) is 188 Å². The first-order valence-electron chi connectivity index (χ1n) is 17.1. The zero-order valence-electron chi connectivity index (χ0n) is 27.9. The van der Waals surface area contributed by atoms with Crippen LogP contribution in [0.1, 0.15) is 12.5 Å². The van der Waals surface area contributed by atoms with Crippen molar-refractivity contribution in [2.24, 2.45) is 0 Å². The van der Waals surface area contributed by atoms with Crippen molar-refractivity contribution in [3.05, 3.63) is 194 Å². The summed E-state index contributed by atoms with van der Waals surface area (Å²) in [5.74, 6) is 0. The first-order valence-corrected chi connectivity index (χ1v) is 17.1. The van der Waals surface area contributed by atoms with Gasteiger partial charge in [0.1, 0.15) is 0 Å². The van der Waals surface area contributed by atoms with E-state index in [4.69, 9.17) is 9.97 Å². The average molecular weight is 645 g/mol. The summed E-state index contributed by atoms with van der Waals surface area (Å²) in [7, 11) is 0. The standard InChI is InChI=1S/C46H36N4/c1-2-34-18-15-25-43-44(34)48-46(45(47-43)35-16-7-3-8-17-35)36-26-28-40(29-27-36)50(39-23-13-6-14-24-39)42-32-30-41(31-33-42)49(37-19-9-4-10-20-37)38-21-11-5-12-22-38/h3-33H,2H2,1H3. The lowest BCUT2D eigenvalue weighted by Gasteiger charge is -2.28. The van der Waals surface area contributed by atoms with E-state index in [0.717, 1.165) is 74.1 Å². The maximum atomic E-state index is 5.28. The van der Waals surface area contributed by atoms with Crippen molar-refractivity contribution in [2.45, 2.75) is 13.3 Å². The van der Waals surface area contributed by atoms with Gasteiger partial charge in [-0.05, 0) is 90.8 Å². The Balaban J connectivity index is 1.20. The molecule has 0 bridgehead atoms. The lowest BCUT2D eigenvalue weighted by Crippen LogP contribution is -2.12. The predicted molar refractivity (Wildman–Crippen MR) is 209 cm³/mol. The lowest BCUT2D eigenvalue weighted by atomic mass is 10.0. The molecule has 0 saturated carbocycles. The highest BCUT2D eigenvalue weighted by Crippen LogP contribution is 2.40. The normalized spacial score (nSPS) is 11.0. The van der Waals surface area contributed by atoms with Gasteiger partial charge in [0.25, 0.3) is 0 Å². The van der Waals surface area contributed by atoms with Gasteiger partial charge in [-0.25, -0.2) is 9.97 Å². The third-order valence-electron chi connectivity index (χ3n) is 9.01. The molecule has 4 heteroatoms. The smallest absolute Gasteiger partial charge is 0.0973 e. The molecule has 0 spiro atoms. The Kier molecular flexibility index (Phi) is 8.57. The van der Waals surface area contributed by atoms with Crippen molar-refractivity contribution in [1.82, 2.24) is 9.97 Å². The van der Waals surface area contributed by atoms with Crippen LogP contribution >= 0.6 is 0 Å². The second kappa shape index (κ2) is 13.9. The molecule has 240 valence electrons. The second-order valence-corrected chi connectivity index (χ2v) is 12.2. The van der Waals surface area contributed by atoms with E-state index in [9.17, 15) is 0 Å². The largest absolute Gasteiger partial charge is 0.311 e. The van der Waals surface area contributed by atoms with Gasteiger partial charge in [0.05, 0.1) is 22.4 Å². The van der Waals surface area contributed by atoms with E-state index in [1.54, 1.807) is 0 Å². The molecule has 50 heavy (non-hydrogen) atoms. The average Bonchev–Trinajstić information content (AvgIpc) is 3.20. The third-order valence-corrected chi connectivity index (χ3v) is 9.01. The third kappa shape index (κ3) is 6.11. The van der Waals surface area contributed by atoms with Crippen LogP contribution in [0.25, 0.3) is 33.5 Å². The van der Waals surface area contributed by atoms with E-state index in [2.05, 4.69) is 199 Å². The summed E-state index contributed by atoms with van der Waals surface area (Å²) >= 11 is 0. The molecule has 0 radical (unpaired) electrons. The van der Waals surface area contributed by atoms with Crippen LogP contribution in [0, 0.1) is 0 Å². The molecule has 1 aromatic heterocycles. The number of para-hydroxylation sites is 4. The van der Waals surface area contributed by atoms with Crippen molar-refractivity contribution in [2.75, 3.05) is 9.80 Å². The molecule has 0 aliphatic rings. The van der Waals surface area contributed by atoms with Crippen LogP contribution in [-0.4, -0.2) is 9.97 Å². The molecule has 4 nitrogen and oxygen atoms in total. The SMILES string of the molecule is CCc1cccc2nc(-c3ccccc3)c(-c3ccc(N(c4ccccc4)c4ccc(N(c5ccccc5)c5ccccc5)cc4)cc3)nc12. The van der Waals surface area contributed by atoms with Gasteiger partial charge in [-0.2, -0.15) is 0 Å². The summed E-state index contributed by atoms with van der Waals surface area (Å²) in [6.45, 7) is 2.17. The van der Waals surface area contributed by atoms with Crippen molar-refractivity contribution >= 4 is 45.2 Å². The highest BCUT2D eigenvalue weighted by atomic mass is 15.2. The fourth-order valence-corrected chi connectivity index (χ4v) is 6.56. The zero-order chi connectivity index (χ0) is 33.7. The van der Waals surface area contributed by atoms with Gasteiger partial charge in [-0.3, -0.25) is 0 Å². The molecule has 8 rings (SSSR count). The highest BCUT2D eigenvalue weighted by Gasteiger charge is 2.18. The molecule has 0 saturated heterocycles. The number of nitrogens with zero attached hydrogens (tertiary/aromatic N) is 4. The van der Waals surface area contributed by atoms with E-state index >= 15 is 0 Å².